The van der Waals surface area contributed by atoms with Crippen LogP contribution in [0.3, 0.4) is 0 Å². The number of benzene rings is 2. The van der Waals surface area contributed by atoms with Crippen LogP contribution in [0.2, 0.25) is 5.02 Å². The van der Waals surface area contributed by atoms with E-state index < -0.39 is 17.5 Å². The number of hydrogen-bond donors (Lipinski definition) is 2. The first kappa shape index (κ1) is 18.1. The summed E-state index contributed by atoms with van der Waals surface area (Å²) in [6.45, 7) is 5.71. The third-order valence-electron chi connectivity index (χ3n) is 3.04. The summed E-state index contributed by atoms with van der Waals surface area (Å²) in [4.78, 5) is 11.9. The number of amides is 1. The Hall–Kier alpha value is -2.27. The first-order valence-electron chi connectivity index (χ1n) is 7.51. The van der Waals surface area contributed by atoms with Gasteiger partial charge in [-0.05, 0) is 50.6 Å². The molecular weight excluding hydrogens is 331 g/mol. The fraction of sp³-hybridized carbons (Fsp3) is 0.278. The molecule has 6 heteroatoms. The van der Waals surface area contributed by atoms with Gasteiger partial charge in [-0.15, -0.1) is 0 Å². The average molecular weight is 351 g/mol. The molecule has 2 rings (SSSR count). The number of halogens is 2. The highest BCUT2D eigenvalue weighted by atomic mass is 35.5. The molecule has 0 fully saturated rings. The molecule has 0 atom stereocenters. The lowest BCUT2D eigenvalue weighted by Gasteiger charge is -2.20. The molecule has 1 amide bonds. The molecule has 0 saturated heterocycles. The number of carbonyl (C=O) groups is 1. The monoisotopic (exact) mass is 350 g/mol. The van der Waals surface area contributed by atoms with Crippen LogP contribution in [0.15, 0.2) is 42.5 Å². The second kappa shape index (κ2) is 7.53. The van der Waals surface area contributed by atoms with Crippen LogP contribution in [0.5, 0.6) is 0 Å². The zero-order valence-electron chi connectivity index (χ0n) is 13.8. The van der Waals surface area contributed by atoms with Crippen molar-refractivity contribution in [3.63, 3.8) is 0 Å². The van der Waals surface area contributed by atoms with Crippen LogP contribution in [-0.4, -0.2) is 11.7 Å². The number of nitrogens with one attached hydrogen (secondary N) is 2. The van der Waals surface area contributed by atoms with Crippen LogP contribution in [-0.2, 0) is 11.3 Å². The molecule has 0 radical (unpaired) electrons. The molecule has 0 bridgehead atoms. The van der Waals surface area contributed by atoms with E-state index in [9.17, 15) is 9.18 Å². The van der Waals surface area contributed by atoms with E-state index in [-0.39, 0.29) is 0 Å². The van der Waals surface area contributed by atoms with E-state index in [1.807, 2.05) is 18.2 Å². The van der Waals surface area contributed by atoms with E-state index in [1.165, 1.54) is 18.2 Å². The summed E-state index contributed by atoms with van der Waals surface area (Å²) in [6, 6.07) is 11.4. The molecule has 128 valence electrons. The number of carbonyl (C=O) groups excluding carboxylic acids is 1. The van der Waals surface area contributed by atoms with Gasteiger partial charge < -0.3 is 10.1 Å². The summed E-state index contributed by atoms with van der Waals surface area (Å²) in [6.07, 6.45) is -0.602. The van der Waals surface area contributed by atoms with Gasteiger partial charge in [0.1, 0.15) is 11.4 Å². The summed E-state index contributed by atoms with van der Waals surface area (Å²) < 4.78 is 18.8. The second-order valence-electron chi connectivity index (χ2n) is 6.26. The Kier molecular flexibility index (Phi) is 5.67. The molecule has 0 aliphatic rings. The molecule has 24 heavy (non-hydrogen) atoms. The van der Waals surface area contributed by atoms with Gasteiger partial charge in [-0.1, -0.05) is 29.8 Å². The first-order chi connectivity index (χ1) is 11.2. The predicted octanol–water partition coefficient (Wildman–Crippen LogP) is 5.44. The van der Waals surface area contributed by atoms with Gasteiger partial charge in [0.25, 0.3) is 0 Å². The van der Waals surface area contributed by atoms with E-state index in [4.69, 9.17) is 16.3 Å². The third kappa shape index (κ3) is 5.42. The van der Waals surface area contributed by atoms with Crippen molar-refractivity contribution in [2.45, 2.75) is 32.9 Å². The molecule has 2 N–H and O–H groups in total. The van der Waals surface area contributed by atoms with Crippen molar-refractivity contribution in [1.82, 2.24) is 0 Å². The van der Waals surface area contributed by atoms with Crippen LogP contribution in [0.25, 0.3) is 0 Å². The van der Waals surface area contributed by atoms with Gasteiger partial charge in [0.15, 0.2) is 0 Å². The number of ether oxygens (including phenoxy) is 1. The van der Waals surface area contributed by atoms with Crippen molar-refractivity contribution < 1.29 is 13.9 Å². The zero-order chi connectivity index (χ0) is 17.7. The molecule has 2 aromatic rings. The molecule has 0 aliphatic carbocycles. The Morgan fingerprint density at radius 2 is 1.88 bits per heavy atom. The molecule has 4 nitrogen and oxygen atoms in total. The highest BCUT2D eigenvalue weighted by Crippen LogP contribution is 2.25. The Morgan fingerprint density at radius 1 is 1.17 bits per heavy atom. The quantitative estimate of drug-likeness (QED) is 0.772. The third-order valence-corrected chi connectivity index (χ3v) is 3.41. The first-order valence-corrected chi connectivity index (χ1v) is 7.89. The SMILES string of the molecule is CC(C)(C)OC(=O)Nc1ccc(F)cc1NCc1ccccc1Cl. The summed E-state index contributed by atoms with van der Waals surface area (Å²) in [7, 11) is 0. The summed E-state index contributed by atoms with van der Waals surface area (Å²) in [5.74, 6) is -0.411. The van der Waals surface area contributed by atoms with Crippen LogP contribution in [0.4, 0.5) is 20.6 Å². The average Bonchev–Trinajstić information content (AvgIpc) is 2.47. The molecule has 0 aliphatic heterocycles. The lowest BCUT2D eigenvalue weighted by atomic mass is 10.2. The number of hydrogen-bond acceptors (Lipinski definition) is 3. The van der Waals surface area contributed by atoms with Gasteiger partial charge in [0.05, 0.1) is 11.4 Å². The minimum atomic E-state index is -0.616. The smallest absolute Gasteiger partial charge is 0.412 e. The molecule has 0 spiro atoms. The molecule has 0 saturated carbocycles. The highest BCUT2D eigenvalue weighted by molar-refractivity contribution is 6.31. The van der Waals surface area contributed by atoms with E-state index in [2.05, 4.69) is 10.6 Å². The van der Waals surface area contributed by atoms with Crippen molar-refractivity contribution in [3.8, 4) is 0 Å². The Morgan fingerprint density at radius 3 is 2.54 bits per heavy atom. The molecule has 0 unspecified atom stereocenters. The minimum absolute atomic E-state index is 0.395. The maximum absolute atomic E-state index is 13.6. The van der Waals surface area contributed by atoms with Crippen molar-refractivity contribution >= 4 is 29.1 Å². The topological polar surface area (TPSA) is 50.4 Å². The van der Waals surface area contributed by atoms with Crippen LogP contribution in [0.1, 0.15) is 26.3 Å². The van der Waals surface area contributed by atoms with Crippen molar-refractivity contribution in [3.05, 3.63) is 58.9 Å². The van der Waals surface area contributed by atoms with Crippen molar-refractivity contribution in [1.29, 1.82) is 0 Å². The fourth-order valence-electron chi connectivity index (χ4n) is 2.02. The normalized spacial score (nSPS) is 11.0. The maximum atomic E-state index is 13.6. The molecule has 0 heterocycles. The van der Waals surface area contributed by atoms with E-state index in [1.54, 1.807) is 26.8 Å². The minimum Gasteiger partial charge on any atom is -0.444 e. The molecule has 0 aromatic heterocycles. The van der Waals surface area contributed by atoms with Gasteiger partial charge in [-0.3, -0.25) is 5.32 Å². The van der Waals surface area contributed by atoms with Gasteiger partial charge in [-0.25, -0.2) is 9.18 Å². The second-order valence-corrected chi connectivity index (χ2v) is 6.67. The molecule has 2 aromatic carbocycles. The molecular formula is C18H20ClFN2O2. The van der Waals surface area contributed by atoms with Gasteiger partial charge in [0, 0.05) is 11.6 Å². The standard InChI is InChI=1S/C18H20ClFN2O2/c1-18(2,3)24-17(23)22-15-9-8-13(20)10-16(15)21-11-12-6-4-5-7-14(12)19/h4-10,21H,11H2,1-3H3,(H,22,23). The van der Waals surface area contributed by atoms with Gasteiger partial charge in [0.2, 0.25) is 0 Å². The Bertz CT molecular complexity index is 729. The van der Waals surface area contributed by atoms with Crippen molar-refractivity contribution in [2.24, 2.45) is 0 Å². The predicted molar refractivity (Wildman–Crippen MR) is 95.0 cm³/mol. The van der Waals surface area contributed by atoms with Crippen LogP contribution >= 0.6 is 11.6 Å². The lowest BCUT2D eigenvalue weighted by Crippen LogP contribution is -2.27. The number of rotatable bonds is 4. The Balaban J connectivity index is 2.13. The van der Waals surface area contributed by atoms with Gasteiger partial charge in [-0.2, -0.15) is 0 Å². The van der Waals surface area contributed by atoms with Crippen LogP contribution < -0.4 is 10.6 Å². The van der Waals surface area contributed by atoms with Crippen molar-refractivity contribution in [2.75, 3.05) is 10.6 Å². The van der Waals surface area contributed by atoms with Crippen LogP contribution in [0, 0.1) is 5.82 Å². The highest BCUT2D eigenvalue weighted by Gasteiger charge is 2.17. The summed E-state index contributed by atoms with van der Waals surface area (Å²) in [5.41, 5.74) is 1.13. The summed E-state index contributed by atoms with van der Waals surface area (Å²) >= 11 is 6.11. The van der Waals surface area contributed by atoms with Gasteiger partial charge >= 0.3 is 6.09 Å². The zero-order valence-corrected chi connectivity index (χ0v) is 14.6. The lowest BCUT2D eigenvalue weighted by molar-refractivity contribution is 0.0636. The Labute approximate surface area is 146 Å². The maximum Gasteiger partial charge on any atom is 0.412 e. The number of anilines is 2. The van der Waals surface area contributed by atoms with E-state index >= 15 is 0 Å². The summed E-state index contributed by atoms with van der Waals surface area (Å²) in [5, 5.41) is 6.32. The largest absolute Gasteiger partial charge is 0.444 e. The fourth-order valence-corrected chi connectivity index (χ4v) is 2.22. The van der Waals surface area contributed by atoms with E-state index in [0.29, 0.717) is 22.9 Å². The van der Waals surface area contributed by atoms with E-state index in [0.717, 1.165) is 5.56 Å².